The van der Waals surface area contributed by atoms with Gasteiger partial charge in [0.2, 0.25) is 0 Å². The van der Waals surface area contributed by atoms with Crippen LogP contribution in [0.2, 0.25) is 0 Å². The molecule has 1 aromatic heterocycles. The number of nitrogens with one attached hydrogen (secondary N) is 1. The standard InChI is InChI=1S/C27H21N3O3/c1-32-25(31)17-33-20-15-13-19(14-16-20)26-22-10-4-5-11-23(22)27(30-29-26)28-24-12-6-8-18-7-2-3-9-21(18)24/h2-16H,17H2,1H3,(H,28,30). The Morgan fingerprint density at radius 1 is 0.788 bits per heavy atom. The van der Waals surface area contributed by atoms with E-state index in [9.17, 15) is 4.79 Å². The first-order valence-electron chi connectivity index (χ1n) is 10.5. The molecule has 0 amide bonds. The monoisotopic (exact) mass is 435 g/mol. The summed E-state index contributed by atoms with van der Waals surface area (Å²) >= 11 is 0. The van der Waals surface area contributed by atoms with Crippen LogP contribution in [0, 0.1) is 0 Å². The van der Waals surface area contributed by atoms with Gasteiger partial charge in [-0.1, -0.05) is 60.7 Å². The molecular formula is C27H21N3O3. The van der Waals surface area contributed by atoms with E-state index < -0.39 is 5.97 Å². The molecule has 0 aliphatic carbocycles. The van der Waals surface area contributed by atoms with E-state index >= 15 is 0 Å². The summed E-state index contributed by atoms with van der Waals surface area (Å²) in [6, 6.07) is 29.9. The zero-order valence-electron chi connectivity index (χ0n) is 18.0. The fraction of sp³-hybridized carbons (Fsp3) is 0.0741. The molecule has 0 saturated heterocycles. The molecule has 0 atom stereocenters. The third kappa shape index (κ3) is 4.19. The Kier molecular flexibility index (Phi) is 5.55. The minimum absolute atomic E-state index is 0.132. The first-order chi connectivity index (χ1) is 16.2. The summed E-state index contributed by atoms with van der Waals surface area (Å²) in [5, 5.41) is 16.8. The van der Waals surface area contributed by atoms with Crippen LogP contribution >= 0.6 is 0 Å². The van der Waals surface area contributed by atoms with Gasteiger partial charge in [0.05, 0.1) is 7.11 Å². The van der Waals surface area contributed by atoms with E-state index in [2.05, 4.69) is 38.5 Å². The van der Waals surface area contributed by atoms with Gasteiger partial charge in [0.1, 0.15) is 11.4 Å². The molecule has 5 rings (SSSR count). The van der Waals surface area contributed by atoms with Crippen LogP contribution in [-0.4, -0.2) is 29.9 Å². The average molecular weight is 435 g/mol. The van der Waals surface area contributed by atoms with Crippen molar-refractivity contribution in [2.45, 2.75) is 0 Å². The van der Waals surface area contributed by atoms with Gasteiger partial charge in [-0.05, 0) is 35.7 Å². The number of benzene rings is 4. The minimum atomic E-state index is -0.426. The van der Waals surface area contributed by atoms with Crippen LogP contribution < -0.4 is 10.1 Å². The van der Waals surface area contributed by atoms with Crippen LogP contribution in [0.1, 0.15) is 0 Å². The number of carbonyl (C=O) groups is 1. The number of nitrogens with zero attached hydrogens (tertiary/aromatic N) is 2. The predicted molar refractivity (Wildman–Crippen MR) is 130 cm³/mol. The molecule has 1 heterocycles. The van der Waals surface area contributed by atoms with Gasteiger partial charge < -0.3 is 14.8 Å². The highest BCUT2D eigenvalue weighted by Crippen LogP contribution is 2.33. The Labute approximate surface area is 190 Å². The first kappa shape index (κ1) is 20.5. The Bertz CT molecular complexity index is 1440. The molecule has 6 heteroatoms. The highest BCUT2D eigenvalue weighted by molar-refractivity contribution is 6.03. The van der Waals surface area contributed by atoms with Gasteiger partial charge in [-0.3, -0.25) is 0 Å². The van der Waals surface area contributed by atoms with Crippen LogP contribution in [0.3, 0.4) is 0 Å². The van der Waals surface area contributed by atoms with Crippen molar-refractivity contribution in [1.29, 1.82) is 0 Å². The van der Waals surface area contributed by atoms with E-state index in [4.69, 9.17) is 4.74 Å². The van der Waals surface area contributed by atoms with Gasteiger partial charge >= 0.3 is 5.97 Å². The van der Waals surface area contributed by atoms with Crippen LogP contribution in [0.4, 0.5) is 11.5 Å². The van der Waals surface area contributed by atoms with Crippen LogP contribution in [0.15, 0.2) is 91.0 Å². The molecule has 0 saturated carbocycles. The zero-order valence-corrected chi connectivity index (χ0v) is 18.0. The highest BCUT2D eigenvalue weighted by atomic mass is 16.6. The van der Waals surface area contributed by atoms with Crippen molar-refractivity contribution in [1.82, 2.24) is 10.2 Å². The smallest absolute Gasteiger partial charge is 0.343 e. The number of methoxy groups -OCH3 is 1. The fourth-order valence-corrected chi connectivity index (χ4v) is 3.78. The van der Waals surface area contributed by atoms with Gasteiger partial charge in [-0.25, -0.2) is 4.79 Å². The van der Waals surface area contributed by atoms with Crippen molar-refractivity contribution in [3.8, 4) is 17.0 Å². The molecule has 1 N–H and O–H groups in total. The predicted octanol–water partition coefficient (Wildman–Crippen LogP) is 5.75. The lowest BCUT2D eigenvalue weighted by Crippen LogP contribution is -2.12. The van der Waals surface area contributed by atoms with Crippen molar-refractivity contribution in [2.24, 2.45) is 0 Å². The van der Waals surface area contributed by atoms with Crippen molar-refractivity contribution >= 4 is 39.0 Å². The van der Waals surface area contributed by atoms with Crippen molar-refractivity contribution < 1.29 is 14.3 Å². The van der Waals surface area contributed by atoms with E-state index in [0.717, 1.165) is 38.5 Å². The Morgan fingerprint density at radius 2 is 1.48 bits per heavy atom. The van der Waals surface area contributed by atoms with Gasteiger partial charge in [0.15, 0.2) is 12.4 Å². The van der Waals surface area contributed by atoms with Gasteiger partial charge in [-0.2, -0.15) is 0 Å². The van der Waals surface area contributed by atoms with Gasteiger partial charge in [-0.15, -0.1) is 10.2 Å². The molecule has 0 radical (unpaired) electrons. The summed E-state index contributed by atoms with van der Waals surface area (Å²) in [5.74, 6) is 0.851. The molecular weight excluding hydrogens is 414 g/mol. The maximum Gasteiger partial charge on any atom is 0.343 e. The third-order valence-electron chi connectivity index (χ3n) is 5.44. The molecule has 0 aliphatic rings. The fourth-order valence-electron chi connectivity index (χ4n) is 3.78. The number of anilines is 2. The van der Waals surface area contributed by atoms with Gasteiger partial charge in [0, 0.05) is 27.4 Å². The number of rotatable bonds is 6. The third-order valence-corrected chi connectivity index (χ3v) is 5.44. The SMILES string of the molecule is COC(=O)COc1ccc(-c2nnc(Nc3cccc4ccccc34)c3ccccc23)cc1. The van der Waals surface area contributed by atoms with E-state index in [1.807, 2.05) is 60.7 Å². The lowest BCUT2D eigenvalue weighted by molar-refractivity contribution is -0.142. The topological polar surface area (TPSA) is 73.3 Å². The minimum Gasteiger partial charge on any atom is -0.482 e. The summed E-state index contributed by atoms with van der Waals surface area (Å²) in [4.78, 5) is 11.3. The molecule has 33 heavy (non-hydrogen) atoms. The second kappa shape index (κ2) is 8.96. The summed E-state index contributed by atoms with van der Waals surface area (Å²) in [5.41, 5.74) is 2.65. The van der Waals surface area contributed by atoms with Crippen molar-refractivity contribution in [3.63, 3.8) is 0 Å². The Morgan fingerprint density at radius 3 is 2.27 bits per heavy atom. The second-order valence-corrected chi connectivity index (χ2v) is 7.48. The number of aromatic nitrogens is 2. The van der Waals surface area contributed by atoms with Gasteiger partial charge in [0.25, 0.3) is 0 Å². The van der Waals surface area contributed by atoms with E-state index in [1.54, 1.807) is 12.1 Å². The lowest BCUT2D eigenvalue weighted by atomic mass is 10.0. The van der Waals surface area contributed by atoms with E-state index in [-0.39, 0.29) is 6.61 Å². The molecule has 6 nitrogen and oxygen atoms in total. The quantitative estimate of drug-likeness (QED) is 0.343. The van der Waals surface area contributed by atoms with Crippen molar-refractivity contribution in [2.75, 3.05) is 19.0 Å². The molecule has 0 fully saturated rings. The van der Waals surface area contributed by atoms with Crippen molar-refractivity contribution in [3.05, 3.63) is 91.0 Å². The maximum atomic E-state index is 11.3. The molecule has 5 aromatic rings. The van der Waals surface area contributed by atoms with Crippen LogP contribution in [0.25, 0.3) is 32.8 Å². The Balaban J connectivity index is 1.49. The summed E-state index contributed by atoms with van der Waals surface area (Å²) < 4.78 is 10.0. The molecule has 0 spiro atoms. The number of esters is 1. The maximum absolute atomic E-state index is 11.3. The highest BCUT2D eigenvalue weighted by Gasteiger charge is 2.12. The summed E-state index contributed by atoms with van der Waals surface area (Å²) in [7, 11) is 1.33. The zero-order chi connectivity index (χ0) is 22.6. The number of carbonyl (C=O) groups excluding carboxylic acids is 1. The van der Waals surface area contributed by atoms with E-state index in [0.29, 0.717) is 11.6 Å². The lowest BCUT2D eigenvalue weighted by Gasteiger charge is -2.13. The molecule has 4 aromatic carbocycles. The summed E-state index contributed by atoms with van der Waals surface area (Å²) in [6.45, 7) is -0.132. The number of ether oxygens (including phenoxy) is 2. The van der Waals surface area contributed by atoms with E-state index in [1.165, 1.54) is 7.11 Å². The number of fused-ring (bicyclic) bond motifs is 2. The number of hydrogen-bond donors (Lipinski definition) is 1. The second-order valence-electron chi connectivity index (χ2n) is 7.48. The summed E-state index contributed by atoms with van der Waals surface area (Å²) in [6.07, 6.45) is 0. The molecule has 0 unspecified atom stereocenters. The molecule has 0 aliphatic heterocycles. The largest absolute Gasteiger partial charge is 0.482 e. The first-order valence-corrected chi connectivity index (χ1v) is 10.5. The normalized spacial score (nSPS) is 10.8. The van der Waals surface area contributed by atoms with Crippen LogP contribution in [0.5, 0.6) is 5.75 Å². The molecule has 0 bridgehead atoms. The Hall–Kier alpha value is -4.45. The molecule has 162 valence electrons. The average Bonchev–Trinajstić information content (AvgIpc) is 2.88. The van der Waals surface area contributed by atoms with Crippen LogP contribution in [-0.2, 0) is 9.53 Å². The number of hydrogen-bond acceptors (Lipinski definition) is 6.